The number of carbonyl (C=O) groups is 1. The molecule has 1 aromatic rings. The lowest BCUT2D eigenvalue weighted by molar-refractivity contribution is 0.129. The van der Waals surface area contributed by atoms with Gasteiger partial charge in [-0.1, -0.05) is 6.07 Å². The van der Waals surface area contributed by atoms with Gasteiger partial charge in [0, 0.05) is 43.4 Å². The second-order valence-electron chi connectivity index (χ2n) is 7.15. The third kappa shape index (κ3) is 2.83. The Morgan fingerprint density at radius 2 is 2.04 bits per heavy atom. The molecule has 0 aromatic carbocycles. The summed E-state index contributed by atoms with van der Waals surface area (Å²) in [6, 6.07) is 4.86. The molecular weight excluding hydrogens is 330 g/mol. The molecule has 8 heteroatoms. The molecule has 130 valence electrons. The molecule has 0 unspecified atom stereocenters. The summed E-state index contributed by atoms with van der Waals surface area (Å²) in [6.07, 6.45) is 1.48. The number of pyridine rings is 1. The fourth-order valence-corrected chi connectivity index (χ4v) is 5.91. The number of hydrogen-bond acceptors (Lipinski definition) is 4. The van der Waals surface area contributed by atoms with E-state index in [0.717, 1.165) is 12.1 Å². The number of fused-ring (bicyclic) bond motifs is 4. The Balaban J connectivity index is 1.48. The molecule has 0 radical (unpaired) electrons. The number of urea groups is 1. The first-order chi connectivity index (χ1) is 11.4. The van der Waals surface area contributed by atoms with Gasteiger partial charge >= 0.3 is 6.03 Å². The number of piperidine rings is 1. The van der Waals surface area contributed by atoms with Gasteiger partial charge in [-0.25, -0.2) is 13.2 Å². The van der Waals surface area contributed by atoms with Crippen molar-refractivity contribution in [3.63, 3.8) is 0 Å². The molecule has 7 nitrogen and oxygen atoms in total. The first-order valence-corrected chi connectivity index (χ1v) is 10.2. The summed E-state index contributed by atoms with van der Waals surface area (Å²) < 4.78 is 24.9. The molecule has 0 spiro atoms. The molecule has 1 N–H and O–H groups in total. The van der Waals surface area contributed by atoms with Crippen LogP contribution in [0, 0.1) is 5.92 Å². The highest BCUT2D eigenvalue weighted by Crippen LogP contribution is 2.34. The first-order valence-electron chi connectivity index (χ1n) is 8.37. The summed E-state index contributed by atoms with van der Waals surface area (Å²) in [5.41, 5.74) is 1.02. The van der Waals surface area contributed by atoms with Crippen LogP contribution in [0.5, 0.6) is 0 Å². The van der Waals surface area contributed by atoms with E-state index in [2.05, 4.69) is 5.32 Å². The maximum Gasteiger partial charge on any atom is 0.317 e. The van der Waals surface area contributed by atoms with Gasteiger partial charge < -0.3 is 14.8 Å². The van der Waals surface area contributed by atoms with E-state index in [1.54, 1.807) is 17.0 Å². The van der Waals surface area contributed by atoms with Gasteiger partial charge in [0.25, 0.3) is 5.56 Å². The van der Waals surface area contributed by atoms with Gasteiger partial charge in [-0.05, 0) is 24.8 Å². The second-order valence-corrected chi connectivity index (χ2v) is 9.38. The van der Waals surface area contributed by atoms with Crippen molar-refractivity contribution >= 4 is 15.9 Å². The van der Waals surface area contributed by atoms with Crippen LogP contribution in [0.2, 0.25) is 0 Å². The van der Waals surface area contributed by atoms with Crippen molar-refractivity contribution < 1.29 is 13.2 Å². The van der Waals surface area contributed by atoms with Gasteiger partial charge in [-0.3, -0.25) is 4.79 Å². The molecule has 3 atom stereocenters. The molecule has 4 rings (SSSR count). The third-order valence-corrected chi connectivity index (χ3v) is 7.09. The van der Waals surface area contributed by atoms with Crippen molar-refractivity contribution in [2.75, 3.05) is 24.6 Å². The number of hydrogen-bond donors (Lipinski definition) is 1. The van der Waals surface area contributed by atoms with Crippen LogP contribution >= 0.6 is 0 Å². The summed E-state index contributed by atoms with van der Waals surface area (Å²) in [5.74, 6) is 0.635. The van der Waals surface area contributed by atoms with Crippen LogP contribution in [0.15, 0.2) is 23.0 Å². The normalized spacial score (nSPS) is 30.7. The van der Waals surface area contributed by atoms with E-state index in [4.69, 9.17) is 0 Å². The van der Waals surface area contributed by atoms with Gasteiger partial charge in [0.15, 0.2) is 9.84 Å². The second kappa shape index (κ2) is 5.61. The molecule has 3 aliphatic rings. The van der Waals surface area contributed by atoms with Crippen LogP contribution in [-0.4, -0.2) is 54.6 Å². The van der Waals surface area contributed by atoms with Crippen LogP contribution in [0.1, 0.15) is 24.5 Å². The number of rotatable bonds is 1. The zero-order valence-electron chi connectivity index (χ0n) is 13.3. The summed E-state index contributed by atoms with van der Waals surface area (Å²) in [7, 11) is -3.00. The highest BCUT2D eigenvalue weighted by molar-refractivity contribution is 7.91. The zero-order chi connectivity index (χ0) is 16.9. The highest BCUT2D eigenvalue weighted by Gasteiger charge is 2.37. The Morgan fingerprint density at radius 3 is 2.79 bits per heavy atom. The van der Waals surface area contributed by atoms with Crippen molar-refractivity contribution in [2.45, 2.75) is 31.3 Å². The lowest BCUT2D eigenvalue weighted by Gasteiger charge is -2.42. The van der Waals surface area contributed by atoms with Crippen LogP contribution < -0.4 is 10.9 Å². The largest absolute Gasteiger partial charge is 0.334 e. The number of sulfone groups is 1. The van der Waals surface area contributed by atoms with Gasteiger partial charge in [0.05, 0.1) is 11.5 Å². The fourth-order valence-electron chi connectivity index (χ4n) is 4.24. The Kier molecular flexibility index (Phi) is 3.67. The van der Waals surface area contributed by atoms with E-state index in [1.807, 2.05) is 10.6 Å². The summed E-state index contributed by atoms with van der Waals surface area (Å²) >= 11 is 0. The maximum atomic E-state index is 12.5. The number of carbonyl (C=O) groups excluding carboxylic acids is 1. The molecule has 1 aromatic heterocycles. The van der Waals surface area contributed by atoms with E-state index in [-0.39, 0.29) is 41.0 Å². The molecule has 2 bridgehead atoms. The van der Waals surface area contributed by atoms with Crippen molar-refractivity contribution in [1.82, 2.24) is 14.8 Å². The number of nitrogens with one attached hydrogen (secondary N) is 1. The van der Waals surface area contributed by atoms with Crippen molar-refractivity contribution in [3.05, 3.63) is 34.2 Å². The van der Waals surface area contributed by atoms with Crippen molar-refractivity contribution in [1.29, 1.82) is 0 Å². The smallest absolute Gasteiger partial charge is 0.317 e. The summed E-state index contributed by atoms with van der Waals surface area (Å²) in [4.78, 5) is 26.3. The number of amides is 2. The monoisotopic (exact) mass is 351 g/mol. The fraction of sp³-hybridized carbons (Fsp3) is 0.625. The summed E-state index contributed by atoms with van der Waals surface area (Å²) in [5, 5.41) is 2.87. The minimum absolute atomic E-state index is 0.0243. The topological polar surface area (TPSA) is 88.5 Å². The van der Waals surface area contributed by atoms with E-state index >= 15 is 0 Å². The minimum Gasteiger partial charge on any atom is -0.334 e. The van der Waals surface area contributed by atoms with Gasteiger partial charge in [0.1, 0.15) is 0 Å². The lowest BCUT2D eigenvalue weighted by atomic mass is 9.83. The van der Waals surface area contributed by atoms with Gasteiger partial charge in [-0.15, -0.1) is 0 Å². The van der Waals surface area contributed by atoms with E-state index in [9.17, 15) is 18.0 Å². The van der Waals surface area contributed by atoms with Crippen LogP contribution in [0.25, 0.3) is 0 Å². The lowest BCUT2D eigenvalue weighted by Crippen LogP contribution is -2.53. The molecule has 2 amide bonds. The molecule has 2 saturated heterocycles. The van der Waals surface area contributed by atoms with Crippen LogP contribution in [0.4, 0.5) is 4.79 Å². The SMILES string of the molecule is O=C(N[C@@H]1CCS(=O)(=O)C1)N1C[C@@H]2C[C@H](C1)c1cccc(=O)n1C2. The third-order valence-electron chi connectivity index (χ3n) is 5.33. The van der Waals surface area contributed by atoms with E-state index in [1.165, 1.54) is 0 Å². The van der Waals surface area contributed by atoms with Crippen molar-refractivity contribution in [3.8, 4) is 0 Å². The Bertz CT molecular complexity index is 832. The Labute approximate surface area is 140 Å². The zero-order valence-corrected chi connectivity index (χ0v) is 14.2. The number of nitrogens with zero attached hydrogens (tertiary/aromatic N) is 2. The van der Waals surface area contributed by atoms with E-state index < -0.39 is 9.84 Å². The maximum absolute atomic E-state index is 12.5. The minimum atomic E-state index is -3.00. The Morgan fingerprint density at radius 1 is 1.21 bits per heavy atom. The predicted molar refractivity (Wildman–Crippen MR) is 88.7 cm³/mol. The number of likely N-dealkylation sites (tertiary alicyclic amines) is 1. The van der Waals surface area contributed by atoms with Crippen molar-refractivity contribution in [2.24, 2.45) is 5.92 Å². The standard InChI is InChI=1S/C16H21N3O4S/c20-15-3-1-2-14-12-6-11(8-19(14)15)7-18(9-12)16(21)17-13-4-5-24(22,23)10-13/h1-3,11-13H,4-10H2,(H,17,21)/t11-,12+,13+/m0/s1. The van der Waals surface area contributed by atoms with E-state index in [0.29, 0.717) is 26.1 Å². The van der Waals surface area contributed by atoms with Crippen LogP contribution in [-0.2, 0) is 16.4 Å². The molecule has 24 heavy (non-hydrogen) atoms. The quantitative estimate of drug-likeness (QED) is 0.781. The first kappa shape index (κ1) is 15.7. The average molecular weight is 351 g/mol. The average Bonchev–Trinajstić information content (AvgIpc) is 2.87. The summed E-state index contributed by atoms with van der Waals surface area (Å²) in [6.45, 7) is 1.83. The number of aromatic nitrogens is 1. The van der Waals surface area contributed by atoms with Crippen LogP contribution in [0.3, 0.4) is 0 Å². The molecule has 4 heterocycles. The molecule has 3 aliphatic heterocycles. The molecular formula is C16H21N3O4S. The van der Waals surface area contributed by atoms with Gasteiger partial charge in [-0.2, -0.15) is 0 Å². The van der Waals surface area contributed by atoms with Gasteiger partial charge in [0.2, 0.25) is 0 Å². The Hall–Kier alpha value is -1.83. The molecule has 0 saturated carbocycles. The highest BCUT2D eigenvalue weighted by atomic mass is 32.2. The molecule has 2 fully saturated rings. The molecule has 0 aliphatic carbocycles. The predicted octanol–water partition coefficient (Wildman–Crippen LogP) is 0.164.